The first-order chi connectivity index (χ1) is 11.0. The Labute approximate surface area is 143 Å². The van der Waals surface area contributed by atoms with Gasteiger partial charge in [0.1, 0.15) is 0 Å². The average molecular weight is 392 g/mol. The summed E-state index contributed by atoms with van der Waals surface area (Å²) >= 11 is -4.22. The van der Waals surface area contributed by atoms with Gasteiger partial charge in [0.15, 0.2) is 0 Å². The molecule has 1 radical (unpaired) electrons. The summed E-state index contributed by atoms with van der Waals surface area (Å²) in [5, 5.41) is 12.6. The molecule has 133 valence electrons. The van der Waals surface area contributed by atoms with Gasteiger partial charge in [-0.25, -0.2) is 0 Å². The van der Waals surface area contributed by atoms with E-state index < -0.39 is 21.2 Å². The quantitative estimate of drug-likeness (QED) is 0.256. The van der Waals surface area contributed by atoms with Crippen LogP contribution < -0.4 is 0 Å². The van der Waals surface area contributed by atoms with Gasteiger partial charge in [0, 0.05) is 0 Å². The zero-order chi connectivity index (χ0) is 17.1. The van der Waals surface area contributed by atoms with Gasteiger partial charge in [-0.2, -0.15) is 0 Å². The van der Waals surface area contributed by atoms with E-state index in [2.05, 4.69) is 0 Å². The van der Waals surface area contributed by atoms with Crippen LogP contribution in [0.5, 0.6) is 0 Å². The Balaban J connectivity index is 2.47. The molecular weight excluding hydrogens is 363 g/mol. The third kappa shape index (κ3) is 7.92. The monoisotopic (exact) mass is 393 g/mol. The molecule has 1 aliphatic carbocycles. The van der Waals surface area contributed by atoms with E-state index in [4.69, 9.17) is 9.47 Å². The second kappa shape index (κ2) is 11.3. The van der Waals surface area contributed by atoms with E-state index in [9.17, 15) is 12.1 Å². The van der Waals surface area contributed by atoms with Crippen molar-refractivity contribution in [3.05, 3.63) is 22.1 Å². The molecule has 0 spiro atoms. The first-order valence-electron chi connectivity index (χ1n) is 8.67. The fraction of sp³-hybridized carbons (Fsp3) is 0.765. The van der Waals surface area contributed by atoms with Crippen LogP contribution in [0.3, 0.4) is 0 Å². The molecule has 0 aromatic rings. The van der Waals surface area contributed by atoms with E-state index in [1.54, 1.807) is 12.2 Å². The minimum absolute atomic E-state index is 0.202. The Morgan fingerprint density at radius 1 is 1.13 bits per heavy atom. The maximum atomic E-state index is 13.0. The number of unbranched alkanes of at least 4 members (excludes halogenated alkanes) is 2. The van der Waals surface area contributed by atoms with Gasteiger partial charge in [0.2, 0.25) is 0 Å². The van der Waals surface area contributed by atoms with Gasteiger partial charge >= 0.3 is 143 Å². The van der Waals surface area contributed by atoms with Crippen LogP contribution in [-0.4, -0.2) is 34.5 Å². The predicted octanol–water partition coefficient (Wildman–Crippen LogP) is 4.83. The molecule has 0 bridgehead atoms. The van der Waals surface area contributed by atoms with Crippen LogP contribution in [0.1, 0.15) is 65.2 Å². The van der Waals surface area contributed by atoms with Gasteiger partial charge in [-0.3, -0.25) is 0 Å². The van der Waals surface area contributed by atoms with Crippen molar-refractivity contribution in [2.45, 2.75) is 71.2 Å². The summed E-state index contributed by atoms with van der Waals surface area (Å²) in [6.07, 6.45) is 8.77. The number of hydrogen-bond donors (Lipinski definition) is 0. The Hall–Kier alpha value is -0.237. The van der Waals surface area contributed by atoms with Crippen LogP contribution in [-0.2, 0) is 14.6 Å². The van der Waals surface area contributed by atoms with Crippen LogP contribution in [0.25, 0.3) is 0 Å². The van der Waals surface area contributed by atoms with E-state index in [0.29, 0.717) is 36.9 Å². The number of ether oxygens (including phenoxy) is 2. The topological polar surface area (TPSA) is 38.4 Å². The van der Waals surface area contributed by atoms with Crippen molar-refractivity contribution in [2.75, 3.05) is 13.2 Å². The van der Waals surface area contributed by atoms with Crippen molar-refractivity contribution in [1.29, 1.82) is 0 Å². The van der Waals surface area contributed by atoms with Crippen molar-refractivity contribution in [3.8, 4) is 0 Å². The molecule has 0 amide bonds. The zero-order valence-corrected chi connectivity index (χ0v) is 16.7. The van der Waals surface area contributed by atoms with Crippen LogP contribution >= 0.6 is 0 Å². The van der Waals surface area contributed by atoms with E-state index in [0.717, 1.165) is 31.3 Å². The Morgan fingerprint density at radius 3 is 2.26 bits per heavy atom. The average Bonchev–Trinajstić information content (AvgIpc) is 2.96. The van der Waals surface area contributed by atoms with Crippen molar-refractivity contribution in [3.63, 3.8) is 0 Å². The summed E-state index contributed by atoms with van der Waals surface area (Å²) in [4.78, 5) is 0. The first kappa shape index (κ1) is 20.8. The maximum absolute atomic E-state index is 13.0. The molecule has 0 saturated heterocycles. The Morgan fingerprint density at radius 2 is 1.74 bits per heavy atom. The van der Waals surface area contributed by atoms with E-state index in [1.165, 1.54) is 0 Å². The fourth-order valence-corrected chi connectivity index (χ4v) is 4.27. The molecule has 0 unspecified atom stereocenters. The fourth-order valence-electron chi connectivity index (χ4n) is 2.49. The number of allylic oxidation sites excluding steroid dienone is 4. The summed E-state index contributed by atoms with van der Waals surface area (Å²) in [5.41, 5.74) is 0.810. The summed E-state index contributed by atoms with van der Waals surface area (Å²) < 4.78 is 37.2. The second-order valence-corrected chi connectivity index (χ2v) is 8.47. The molecule has 23 heavy (non-hydrogen) atoms. The van der Waals surface area contributed by atoms with Gasteiger partial charge in [-0.05, 0) is 0 Å². The van der Waals surface area contributed by atoms with Crippen molar-refractivity contribution < 1.29 is 21.6 Å². The summed E-state index contributed by atoms with van der Waals surface area (Å²) in [5.74, 6) is -1.83. The van der Waals surface area contributed by atoms with Crippen LogP contribution in [0.4, 0.5) is 7.00 Å². The van der Waals surface area contributed by atoms with Gasteiger partial charge < -0.3 is 0 Å². The summed E-state index contributed by atoms with van der Waals surface area (Å²) in [6, 6.07) is 0. The molecule has 0 N–H and O–H groups in total. The molecule has 1 aliphatic rings. The normalized spacial score (nSPS) is 15.2. The van der Waals surface area contributed by atoms with E-state index in [-0.39, 0.29) is 6.42 Å². The molecule has 0 heterocycles. The van der Waals surface area contributed by atoms with Crippen molar-refractivity contribution in [2.24, 2.45) is 0 Å². The van der Waals surface area contributed by atoms with Gasteiger partial charge in [0.05, 0.1) is 0 Å². The van der Waals surface area contributed by atoms with Gasteiger partial charge in [0.25, 0.3) is 0 Å². The number of rotatable bonds is 13. The van der Waals surface area contributed by atoms with E-state index in [1.807, 2.05) is 13.8 Å². The molecule has 0 aliphatic heterocycles. The third-order valence-electron chi connectivity index (χ3n) is 3.91. The Kier molecular flexibility index (Phi) is 10.3. The van der Waals surface area contributed by atoms with Crippen LogP contribution in [0, 0.1) is 0 Å². The number of hydrogen-bond acceptors (Lipinski definition) is 2. The summed E-state index contributed by atoms with van der Waals surface area (Å²) in [7, 11) is 0. The van der Waals surface area contributed by atoms with Crippen LogP contribution in [0.2, 0.25) is 0 Å². The minimum atomic E-state index is -4.22. The van der Waals surface area contributed by atoms with Gasteiger partial charge in [-0.15, -0.1) is 0 Å². The first-order valence-corrected chi connectivity index (χ1v) is 11.7. The molecule has 0 fully saturated rings. The summed E-state index contributed by atoms with van der Waals surface area (Å²) in [6.45, 7) is 4.83. The number of halogens is 2. The molecule has 0 aromatic carbocycles. The van der Waals surface area contributed by atoms with Crippen LogP contribution in [0.15, 0.2) is 22.1 Å². The zero-order valence-electron chi connectivity index (χ0n) is 14.3. The molecule has 0 saturated carbocycles. The van der Waals surface area contributed by atoms with Crippen molar-refractivity contribution >= 4 is 15.3 Å². The molecular formula is C17H29F2GeO3. The molecule has 6 heteroatoms. The standard InChI is InChI=1S/C17H29F2GeO3/c1-3-5-13-22-17(21,23-14-6-4-2)12-8-10-15-9-7-11-16(15)20(18)19/h7,11,20H,3-6,8-10,12-14H2,1-2H3. The SMILES string of the molecule is CCCCOC([O])(CCCC1=[C]([GeH]([F])[F])C=CC1)OCCCC. The molecule has 0 aromatic heterocycles. The van der Waals surface area contributed by atoms with E-state index >= 15 is 0 Å². The molecule has 0 atom stereocenters. The van der Waals surface area contributed by atoms with Crippen molar-refractivity contribution in [1.82, 2.24) is 0 Å². The Bertz CT molecular complexity index is 387. The second-order valence-electron chi connectivity index (χ2n) is 5.91. The predicted molar refractivity (Wildman–Crippen MR) is 89.1 cm³/mol. The molecule has 3 nitrogen and oxygen atoms in total. The molecule has 1 rings (SSSR count). The third-order valence-corrected chi connectivity index (χ3v) is 6.15. The van der Waals surface area contributed by atoms with Gasteiger partial charge in [-0.1, -0.05) is 0 Å².